The van der Waals surface area contributed by atoms with E-state index < -0.39 is 0 Å². The van der Waals surface area contributed by atoms with Crippen LogP contribution in [0.25, 0.3) is 11.1 Å². The first-order valence-corrected chi connectivity index (χ1v) is 10.8. The number of hydrogen-bond donors (Lipinski definition) is 0. The molecule has 0 bridgehead atoms. The highest BCUT2D eigenvalue weighted by atomic mass is 16.5. The summed E-state index contributed by atoms with van der Waals surface area (Å²) in [5.41, 5.74) is 5.08. The Morgan fingerprint density at radius 3 is 2.39 bits per heavy atom. The van der Waals surface area contributed by atoms with E-state index in [2.05, 4.69) is 34.4 Å². The topological polar surface area (TPSA) is 59.2 Å². The number of carbonyl (C=O) groups excluding carboxylic acids is 1. The summed E-state index contributed by atoms with van der Waals surface area (Å²) in [5.74, 6) is 0.425. The van der Waals surface area contributed by atoms with Crippen LogP contribution in [0.1, 0.15) is 51.6 Å². The third-order valence-corrected chi connectivity index (χ3v) is 5.88. The number of benzene rings is 2. The second-order valence-electron chi connectivity index (χ2n) is 8.26. The van der Waals surface area contributed by atoms with Crippen molar-refractivity contribution < 1.29 is 9.32 Å². The fraction of sp³-hybridized carbons (Fsp3) is 0.269. The van der Waals surface area contributed by atoms with Gasteiger partial charge in [-0.25, -0.2) is 4.98 Å². The average molecular weight is 412 g/mol. The van der Waals surface area contributed by atoms with Gasteiger partial charge >= 0.3 is 0 Å². The normalized spacial score (nSPS) is 13.5. The summed E-state index contributed by atoms with van der Waals surface area (Å²) in [4.78, 5) is 20.4. The molecule has 5 nitrogen and oxygen atoms in total. The van der Waals surface area contributed by atoms with Gasteiger partial charge in [-0.3, -0.25) is 4.79 Å². The molecule has 2 aromatic carbocycles. The molecule has 2 heterocycles. The van der Waals surface area contributed by atoms with Gasteiger partial charge in [-0.1, -0.05) is 65.8 Å². The van der Waals surface area contributed by atoms with Crippen LogP contribution in [0.3, 0.4) is 0 Å². The van der Waals surface area contributed by atoms with Gasteiger partial charge in [0.25, 0.3) is 11.6 Å². The lowest BCUT2D eigenvalue weighted by Gasteiger charge is -2.24. The van der Waals surface area contributed by atoms with Crippen LogP contribution in [0.5, 0.6) is 0 Å². The van der Waals surface area contributed by atoms with Crippen LogP contribution in [0.2, 0.25) is 0 Å². The zero-order valence-electron chi connectivity index (χ0n) is 17.6. The summed E-state index contributed by atoms with van der Waals surface area (Å²) >= 11 is 0. The molecule has 2 aromatic heterocycles. The SMILES string of the molecule is Cc1noc2nc(C3CC3)cc(C(=O)N(CCc3ccccc3)Cc3ccccc3)c12. The Labute approximate surface area is 181 Å². The predicted molar refractivity (Wildman–Crippen MR) is 120 cm³/mol. The van der Waals surface area contributed by atoms with Gasteiger partial charge in [0.1, 0.15) is 0 Å². The Kier molecular flexibility index (Phi) is 5.24. The fourth-order valence-corrected chi connectivity index (χ4v) is 4.01. The Balaban J connectivity index is 1.50. The van der Waals surface area contributed by atoms with E-state index in [4.69, 9.17) is 4.52 Å². The number of aryl methyl sites for hydroxylation is 1. The first kappa shape index (κ1) is 19.5. The van der Waals surface area contributed by atoms with Crippen molar-refractivity contribution in [1.82, 2.24) is 15.0 Å². The zero-order chi connectivity index (χ0) is 21.2. The Morgan fingerprint density at radius 2 is 1.71 bits per heavy atom. The van der Waals surface area contributed by atoms with Gasteiger partial charge in [0.2, 0.25) is 0 Å². The molecule has 0 saturated heterocycles. The summed E-state index contributed by atoms with van der Waals surface area (Å²) < 4.78 is 5.45. The maximum atomic E-state index is 13.9. The monoisotopic (exact) mass is 411 g/mol. The molecule has 1 amide bonds. The summed E-state index contributed by atoms with van der Waals surface area (Å²) in [6.07, 6.45) is 3.02. The van der Waals surface area contributed by atoms with Gasteiger partial charge < -0.3 is 9.42 Å². The summed E-state index contributed by atoms with van der Waals surface area (Å²) in [7, 11) is 0. The number of amides is 1. The van der Waals surface area contributed by atoms with E-state index >= 15 is 0 Å². The van der Waals surface area contributed by atoms with Crippen LogP contribution in [0, 0.1) is 6.92 Å². The van der Waals surface area contributed by atoms with Crippen LogP contribution in [-0.4, -0.2) is 27.5 Å². The minimum Gasteiger partial charge on any atom is -0.336 e. The number of rotatable bonds is 7. The van der Waals surface area contributed by atoms with Crippen molar-refractivity contribution in [2.24, 2.45) is 0 Å². The van der Waals surface area contributed by atoms with Crippen molar-refractivity contribution in [3.05, 3.63) is 94.8 Å². The van der Waals surface area contributed by atoms with Crippen LogP contribution >= 0.6 is 0 Å². The molecule has 156 valence electrons. The molecular formula is C26H25N3O2. The van der Waals surface area contributed by atoms with Crippen LogP contribution in [0.4, 0.5) is 0 Å². The van der Waals surface area contributed by atoms with Gasteiger partial charge in [0.15, 0.2) is 0 Å². The molecule has 1 aliphatic carbocycles. The molecule has 5 rings (SSSR count). The lowest BCUT2D eigenvalue weighted by Crippen LogP contribution is -2.33. The molecule has 1 saturated carbocycles. The Hall–Kier alpha value is -3.47. The molecule has 5 heteroatoms. The van der Waals surface area contributed by atoms with Crippen molar-refractivity contribution in [3.63, 3.8) is 0 Å². The highest BCUT2D eigenvalue weighted by molar-refractivity contribution is 6.06. The third-order valence-electron chi connectivity index (χ3n) is 5.88. The summed E-state index contributed by atoms with van der Waals surface area (Å²) in [5, 5.41) is 4.82. The van der Waals surface area contributed by atoms with Crippen molar-refractivity contribution in [2.45, 2.75) is 38.6 Å². The Morgan fingerprint density at radius 1 is 1.03 bits per heavy atom. The van der Waals surface area contributed by atoms with Gasteiger partial charge in [0.05, 0.1) is 16.6 Å². The molecule has 31 heavy (non-hydrogen) atoms. The molecule has 0 spiro atoms. The third kappa shape index (κ3) is 4.22. The molecular weight excluding hydrogens is 386 g/mol. The molecule has 1 fully saturated rings. The second kappa shape index (κ2) is 8.34. The second-order valence-corrected chi connectivity index (χ2v) is 8.26. The maximum Gasteiger partial charge on any atom is 0.259 e. The van der Waals surface area contributed by atoms with Crippen molar-refractivity contribution >= 4 is 17.0 Å². The van der Waals surface area contributed by atoms with E-state index in [0.717, 1.165) is 35.9 Å². The number of hydrogen-bond acceptors (Lipinski definition) is 4. The summed E-state index contributed by atoms with van der Waals surface area (Å²) in [6, 6.07) is 22.4. The van der Waals surface area contributed by atoms with Crippen LogP contribution in [0.15, 0.2) is 71.3 Å². The van der Waals surface area contributed by atoms with Gasteiger partial charge in [-0.05, 0) is 43.4 Å². The minimum absolute atomic E-state index is 0.000356. The quantitative estimate of drug-likeness (QED) is 0.414. The number of nitrogens with zero attached hydrogens (tertiary/aromatic N) is 3. The first-order chi connectivity index (χ1) is 15.2. The molecule has 0 aliphatic heterocycles. The number of carbonyl (C=O) groups is 1. The molecule has 4 aromatic rings. The van der Waals surface area contributed by atoms with E-state index in [1.165, 1.54) is 5.56 Å². The number of fused-ring (bicyclic) bond motifs is 1. The smallest absolute Gasteiger partial charge is 0.259 e. The highest BCUT2D eigenvalue weighted by Crippen LogP contribution is 2.40. The van der Waals surface area contributed by atoms with Gasteiger partial charge in [-0.15, -0.1) is 0 Å². The molecule has 0 N–H and O–H groups in total. The number of aromatic nitrogens is 2. The Bertz CT molecular complexity index is 1200. The van der Waals surface area contributed by atoms with Gasteiger partial charge in [-0.2, -0.15) is 0 Å². The maximum absolute atomic E-state index is 13.9. The standard InChI is InChI=1S/C26H25N3O2/c1-18-24-22(16-23(21-12-13-21)27-25(24)31-28-18)26(30)29(17-20-10-6-3-7-11-20)15-14-19-8-4-2-5-9-19/h2-11,16,21H,12-15,17H2,1H3. The number of pyridine rings is 1. The molecule has 0 unspecified atom stereocenters. The summed E-state index contributed by atoms with van der Waals surface area (Å²) in [6.45, 7) is 3.05. The van der Waals surface area contributed by atoms with Crippen molar-refractivity contribution in [2.75, 3.05) is 6.54 Å². The molecule has 0 radical (unpaired) electrons. The van der Waals surface area contributed by atoms with E-state index in [1.807, 2.05) is 54.3 Å². The van der Waals surface area contributed by atoms with Crippen LogP contribution < -0.4 is 0 Å². The van der Waals surface area contributed by atoms with E-state index in [0.29, 0.717) is 36.0 Å². The van der Waals surface area contributed by atoms with Crippen LogP contribution in [-0.2, 0) is 13.0 Å². The van der Waals surface area contributed by atoms with Gasteiger partial charge in [0, 0.05) is 24.7 Å². The lowest BCUT2D eigenvalue weighted by molar-refractivity contribution is 0.0747. The van der Waals surface area contributed by atoms with Crippen molar-refractivity contribution in [1.29, 1.82) is 0 Å². The average Bonchev–Trinajstić information content (AvgIpc) is 3.60. The minimum atomic E-state index is 0.000356. The van der Waals surface area contributed by atoms with E-state index in [9.17, 15) is 4.79 Å². The lowest BCUT2D eigenvalue weighted by atomic mass is 10.1. The fourth-order valence-electron chi connectivity index (χ4n) is 4.01. The molecule has 1 aliphatic rings. The zero-order valence-corrected chi connectivity index (χ0v) is 17.6. The van der Waals surface area contributed by atoms with E-state index in [1.54, 1.807) is 0 Å². The largest absolute Gasteiger partial charge is 0.336 e. The van der Waals surface area contributed by atoms with E-state index in [-0.39, 0.29) is 5.91 Å². The predicted octanol–water partition coefficient (Wildman–Crippen LogP) is 5.29. The first-order valence-electron chi connectivity index (χ1n) is 10.8. The highest BCUT2D eigenvalue weighted by Gasteiger charge is 2.30. The molecule has 0 atom stereocenters. The van der Waals surface area contributed by atoms with Crippen molar-refractivity contribution in [3.8, 4) is 0 Å².